The second kappa shape index (κ2) is 6.64. The fraction of sp³-hybridized carbons (Fsp3) is 0.429. The predicted molar refractivity (Wildman–Crippen MR) is 73.5 cm³/mol. The quantitative estimate of drug-likeness (QED) is 0.691. The van der Waals surface area contributed by atoms with E-state index in [0.717, 1.165) is 18.1 Å². The fourth-order valence-electron chi connectivity index (χ4n) is 1.30. The van der Waals surface area contributed by atoms with Crippen LogP contribution in [0.1, 0.15) is 18.1 Å². The summed E-state index contributed by atoms with van der Waals surface area (Å²) in [4.78, 5) is 0. The van der Waals surface area contributed by atoms with Crippen LogP contribution in [0.2, 0.25) is 0 Å². The van der Waals surface area contributed by atoms with Crippen LogP contribution in [0.4, 0.5) is 0 Å². The van der Waals surface area contributed by atoms with Gasteiger partial charge in [-0.3, -0.25) is 0 Å². The summed E-state index contributed by atoms with van der Waals surface area (Å²) < 4.78 is 5.75. The van der Waals surface area contributed by atoms with Crippen molar-refractivity contribution in [3.05, 3.63) is 42.0 Å². The van der Waals surface area contributed by atoms with E-state index in [2.05, 4.69) is 39.5 Å². The van der Waals surface area contributed by atoms with Crippen LogP contribution in [0.25, 0.3) is 0 Å². The SMILES string of the molecule is C=CCSC(C)COc1ccc(C)c(C)c1. The van der Waals surface area contributed by atoms with Gasteiger partial charge in [-0.1, -0.05) is 12.1 Å². The lowest BCUT2D eigenvalue weighted by Crippen LogP contribution is -2.10. The van der Waals surface area contributed by atoms with Crippen molar-refractivity contribution in [1.29, 1.82) is 0 Å². The summed E-state index contributed by atoms with van der Waals surface area (Å²) in [6.45, 7) is 10.9. The lowest BCUT2D eigenvalue weighted by atomic mass is 10.1. The maximum Gasteiger partial charge on any atom is 0.119 e. The van der Waals surface area contributed by atoms with Gasteiger partial charge in [-0.15, -0.1) is 6.58 Å². The molecule has 1 unspecified atom stereocenters. The van der Waals surface area contributed by atoms with Gasteiger partial charge in [-0.25, -0.2) is 0 Å². The molecule has 0 aliphatic rings. The number of hydrogen-bond donors (Lipinski definition) is 0. The Bertz CT molecular complexity index is 347. The summed E-state index contributed by atoms with van der Waals surface area (Å²) in [5.74, 6) is 1.95. The summed E-state index contributed by atoms with van der Waals surface area (Å²) in [5, 5.41) is 0.500. The van der Waals surface area contributed by atoms with Crippen molar-refractivity contribution in [2.75, 3.05) is 12.4 Å². The smallest absolute Gasteiger partial charge is 0.119 e. The van der Waals surface area contributed by atoms with Crippen LogP contribution in [0, 0.1) is 13.8 Å². The molecule has 0 saturated carbocycles. The zero-order valence-electron chi connectivity index (χ0n) is 10.3. The van der Waals surface area contributed by atoms with E-state index in [1.165, 1.54) is 11.1 Å². The summed E-state index contributed by atoms with van der Waals surface area (Å²) >= 11 is 1.86. The van der Waals surface area contributed by atoms with Gasteiger partial charge in [-0.2, -0.15) is 11.8 Å². The Morgan fingerprint density at radius 1 is 1.38 bits per heavy atom. The van der Waals surface area contributed by atoms with Crippen molar-refractivity contribution in [3.63, 3.8) is 0 Å². The number of aryl methyl sites for hydroxylation is 2. The van der Waals surface area contributed by atoms with Crippen LogP contribution in [0.3, 0.4) is 0 Å². The predicted octanol–water partition coefficient (Wildman–Crippen LogP) is 3.99. The van der Waals surface area contributed by atoms with Crippen molar-refractivity contribution in [1.82, 2.24) is 0 Å². The van der Waals surface area contributed by atoms with E-state index in [4.69, 9.17) is 4.74 Å². The zero-order valence-corrected chi connectivity index (χ0v) is 11.1. The van der Waals surface area contributed by atoms with Crippen molar-refractivity contribution in [2.24, 2.45) is 0 Å². The minimum atomic E-state index is 0.500. The third-order valence-electron chi connectivity index (χ3n) is 2.46. The molecular formula is C14H20OS. The highest BCUT2D eigenvalue weighted by molar-refractivity contribution is 8.00. The molecule has 1 aromatic carbocycles. The van der Waals surface area contributed by atoms with Gasteiger partial charge in [0.1, 0.15) is 5.75 Å². The largest absolute Gasteiger partial charge is 0.492 e. The Morgan fingerprint density at radius 3 is 2.75 bits per heavy atom. The van der Waals surface area contributed by atoms with E-state index in [1.807, 2.05) is 23.9 Å². The van der Waals surface area contributed by atoms with Gasteiger partial charge in [0, 0.05) is 11.0 Å². The minimum Gasteiger partial charge on any atom is -0.492 e. The standard InChI is InChI=1S/C14H20OS/c1-5-8-16-13(4)10-15-14-7-6-11(2)12(3)9-14/h5-7,9,13H,1,8,10H2,2-4H3. The fourth-order valence-corrected chi connectivity index (χ4v) is 1.93. The van der Waals surface area contributed by atoms with Gasteiger partial charge in [0.2, 0.25) is 0 Å². The Hall–Kier alpha value is -0.890. The van der Waals surface area contributed by atoms with Gasteiger partial charge >= 0.3 is 0 Å². The highest BCUT2D eigenvalue weighted by atomic mass is 32.2. The lowest BCUT2D eigenvalue weighted by molar-refractivity contribution is 0.322. The first-order chi connectivity index (χ1) is 7.63. The van der Waals surface area contributed by atoms with Crippen LogP contribution < -0.4 is 4.74 Å². The minimum absolute atomic E-state index is 0.500. The molecule has 1 nitrogen and oxygen atoms in total. The van der Waals surface area contributed by atoms with Crippen molar-refractivity contribution in [2.45, 2.75) is 26.0 Å². The first kappa shape index (κ1) is 13.2. The molecule has 0 aromatic heterocycles. The Kier molecular flexibility index (Phi) is 5.47. The van der Waals surface area contributed by atoms with Crippen LogP contribution in [-0.2, 0) is 0 Å². The summed E-state index contributed by atoms with van der Waals surface area (Å²) in [5.41, 5.74) is 2.59. The normalized spacial score (nSPS) is 12.2. The van der Waals surface area contributed by atoms with Crippen molar-refractivity contribution >= 4 is 11.8 Å². The summed E-state index contributed by atoms with van der Waals surface area (Å²) in [7, 11) is 0. The first-order valence-electron chi connectivity index (χ1n) is 5.56. The molecule has 0 spiro atoms. The van der Waals surface area contributed by atoms with Crippen molar-refractivity contribution in [3.8, 4) is 5.75 Å². The second-order valence-electron chi connectivity index (χ2n) is 3.99. The van der Waals surface area contributed by atoms with E-state index in [9.17, 15) is 0 Å². The Balaban J connectivity index is 2.42. The molecule has 88 valence electrons. The number of ether oxygens (including phenoxy) is 1. The molecule has 0 aliphatic heterocycles. The first-order valence-corrected chi connectivity index (χ1v) is 6.61. The van der Waals surface area contributed by atoms with E-state index in [0.29, 0.717) is 5.25 Å². The second-order valence-corrected chi connectivity index (χ2v) is 5.46. The highest BCUT2D eigenvalue weighted by Gasteiger charge is 2.03. The number of benzene rings is 1. The summed E-state index contributed by atoms with van der Waals surface area (Å²) in [6.07, 6.45) is 1.93. The zero-order chi connectivity index (χ0) is 12.0. The van der Waals surface area contributed by atoms with Gasteiger partial charge in [-0.05, 0) is 44.0 Å². The van der Waals surface area contributed by atoms with E-state index >= 15 is 0 Å². The van der Waals surface area contributed by atoms with Crippen LogP contribution in [0.5, 0.6) is 5.75 Å². The molecule has 1 rings (SSSR count). The number of thioether (sulfide) groups is 1. The molecule has 0 heterocycles. The molecule has 0 amide bonds. The van der Waals surface area contributed by atoms with E-state index in [-0.39, 0.29) is 0 Å². The maximum atomic E-state index is 5.75. The summed E-state index contributed by atoms with van der Waals surface area (Å²) in [6, 6.07) is 6.24. The van der Waals surface area contributed by atoms with Crippen LogP contribution in [-0.4, -0.2) is 17.6 Å². The number of hydrogen-bond acceptors (Lipinski definition) is 2. The topological polar surface area (TPSA) is 9.23 Å². The highest BCUT2D eigenvalue weighted by Crippen LogP contribution is 2.18. The maximum absolute atomic E-state index is 5.75. The monoisotopic (exact) mass is 236 g/mol. The molecule has 0 bridgehead atoms. The van der Waals surface area contributed by atoms with E-state index in [1.54, 1.807) is 0 Å². The van der Waals surface area contributed by atoms with Gasteiger partial charge in [0.25, 0.3) is 0 Å². The molecule has 2 heteroatoms. The van der Waals surface area contributed by atoms with E-state index < -0.39 is 0 Å². The molecule has 1 aromatic rings. The van der Waals surface area contributed by atoms with Gasteiger partial charge in [0.05, 0.1) is 6.61 Å². The molecule has 1 atom stereocenters. The van der Waals surface area contributed by atoms with Crippen LogP contribution in [0.15, 0.2) is 30.9 Å². The molecule has 0 aliphatic carbocycles. The van der Waals surface area contributed by atoms with Gasteiger partial charge < -0.3 is 4.74 Å². The molecule has 0 radical (unpaired) electrons. The van der Waals surface area contributed by atoms with Crippen molar-refractivity contribution < 1.29 is 4.74 Å². The molecule has 0 fully saturated rings. The number of rotatable bonds is 6. The molecule has 0 N–H and O–H groups in total. The molecular weight excluding hydrogens is 216 g/mol. The lowest BCUT2D eigenvalue weighted by Gasteiger charge is -2.12. The average molecular weight is 236 g/mol. The third-order valence-corrected chi connectivity index (χ3v) is 3.59. The Morgan fingerprint density at radius 2 is 2.12 bits per heavy atom. The van der Waals surface area contributed by atoms with Crippen LogP contribution >= 0.6 is 11.8 Å². The Labute approximate surface area is 103 Å². The molecule has 0 saturated heterocycles. The van der Waals surface area contributed by atoms with Gasteiger partial charge in [0.15, 0.2) is 0 Å². The molecule has 16 heavy (non-hydrogen) atoms. The average Bonchev–Trinajstić information content (AvgIpc) is 2.28. The third kappa shape index (κ3) is 4.31.